The quantitative estimate of drug-likeness (QED) is 0.771. The molecule has 0 radical (unpaired) electrons. The number of nitrogens with zero attached hydrogens (tertiary/aromatic N) is 1. The monoisotopic (exact) mass is 265 g/mol. The molecular weight excluding hydrogens is 246 g/mol. The van der Waals surface area contributed by atoms with E-state index in [4.69, 9.17) is 0 Å². The third kappa shape index (κ3) is 2.80. The summed E-state index contributed by atoms with van der Waals surface area (Å²) in [6.45, 7) is 7.56. The maximum absolute atomic E-state index is 12.4. The van der Waals surface area contributed by atoms with Gasteiger partial charge in [-0.2, -0.15) is 0 Å². The number of Topliss-reactive ketones (excluding diaryl/α,β-unsaturated/α-hetero) is 1. The van der Waals surface area contributed by atoms with E-state index in [0.29, 0.717) is 21.6 Å². The number of piperidine rings is 1. The molecule has 0 unspecified atom stereocenters. The second-order valence-electron chi connectivity index (χ2n) is 5.38. The Labute approximate surface area is 112 Å². The Hall–Kier alpha value is -1.16. The fourth-order valence-corrected chi connectivity index (χ4v) is 3.50. The van der Waals surface area contributed by atoms with E-state index < -0.39 is 0 Å². The fraction of sp³-hybridized carbons (Fsp3) is 0.571. The zero-order valence-electron chi connectivity index (χ0n) is 11.1. The van der Waals surface area contributed by atoms with Crippen molar-refractivity contribution in [2.45, 2.75) is 27.2 Å². The molecule has 1 aliphatic heterocycles. The molecule has 1 aromatic heterocycles. The molecule has 0 bridgehead atoms. The van der Waals surface area contributed by atoms with Gasteiger partial charge in [-0.25, -0.2) is 0 Å². The van der Waals surface area contributed by atoms with Gasteiger partial charge in [0, 0.05) is 13.1 Å². The second kappa shape index (κ2) is 5.22. The first kappa shape index (κ1) is 13.3. The van der Waals surface area contributed by atoms with Gasteiger partial charge in [-0.05, 0) is 37.3 Å². The summed E-state index contributed by atoms with van der Waals surface area (Å²) in [5.41, 5.74) is 0. The fourth-order valence-electron chi connectivity index (χ4n) is 2.63. The number of likely N-dealkylation sites (tertiary alicyclic amines) is 1. The minimum atomic E-state index is 0.0273. The normalized spacial score (nSPS) is 24.1. The Morgan fingerprint density at radius 2 is 1.72 bits per heavy atom. The summed E-state index contributed by atoms with van der Waals surface area (Å²) < 4.78 is 0. The summed E-state index contributed by atoms with van der Waals surface area (Å²) in [4.78, 5) is 26.9. The molecule has 2 rings (SSSR count). The van der Waals surface area contributed by atoms with E-state index >= 15 is 0 Å². The van der Waals surface area contributed by atoms with Gasteiger partial charge in [0.05, 0.1) is 9.75 Å². The van der Waals surface area contributed by atoms with Gasteiger partial charge in [0.25, 0.3) is 5.91 Å². The van der Waals surface area contributed by atoms with Crippen LogP contribution in [-0.4, -0.2) is 29.7 Å². The van der Waals surface area contributed by atoms with Crippen LogP contribution in [0.5, 0.6) is 0 Å². The largest absolute Gasteiger partial charge is 0.337 e. The van der Waals surface area contributed by atoms with Crippen molar-refractivity contribution in [1.82, 2.24) is 4.90 Å². The highest BCUT2D eigenvalue weighted by Gasteiger charge is 2.27. The highest BCUT2D eigenvalue weighted by molar-refractivity contribution is 7.15. The molecule has 2 atom stereocenters. The van der Waals surface area contributed by atoms with Gasteiger partial charge in [0.15, 0.2) is 5.78 Å². The predicted octanol–water partition coefficient (Wildman–Crippen LogP) is 3.07. The van der Waals surface area contributed by atoms with Crippen molar-refractivity contribution in [3.05, 3.63) is 21.9 Å². The molecule has 1 amide bonds. The van der Waals surface area contributed by atoms with E-state index in [-0.39, 0.29) is 11.7 Å². The summed E-state index contributed by atoms with van der Waals surface area (Å²) in [6.07, 6.45) is 1.19. The summed E-state index contributed by atoms with van der Waals surface area (Å²) in [5.74, 6) is 1.22. The number of hydrogen-bond donors (Lipinski definition) is 0. The molecule has 4 heteroatoms. The van der Waals surface area contributed by atoms with Gasteiger partial charge >= 0.3 is 0 Å². The number of rotatable bonds is 2. The van der Waals surface area contributed by atoms with Crippen LogP contribution in [0.3, 0.4) is 0 Å². The molecule has 98 valence electrons. The first-order valence-electron chi connectivity index (χ1n) is 6.37. The molecule has 0 N–H and O–H groups in total. The average Bonchev–Trinajstić information content (AvgIpc) is 2.75. The summed E-state index contributed by atoms with van der Waals surface area (Å²) in [5, 5.41) is 0. The Kier molecular flexibility index (Phi) is 3.85. The van der Waals surface area contributed by atoms with E-state index in [9.17, 15) is 9.59 Å². The lowest BCUT2D eigenvalue weighted by Crippen LogP contribution is -2.42. The number of carbonyl (C=O) groups is 2. The van der Waals surface area contributed by atoms with Crippen molar-refractivity contribution >= 4 is 23.0 Å². The SMILES string of the molecule is CC(=O)c1ccc(C(=O)N2C[C@H](C)C[C@H](C)C2)s1. The van der Waals surface area contributed by atoms with Gasteiger partial charge < -0.3 is 4.90 Å². The Morgan fingerprint density at radius 1 is 1.17 bits per heavy atom. The molecule has 0 aliphatic carbocycles. The lowest BCUT2D eigenvalue weighted by Gasteiger charge is -2.34. The molecule has 0 aromatic carbocycles. The topological polar surface area (TPSA) is 37.4 Å². The Balaban J connectivity index is 2.12. The van der Waals surface area contributed by atoms with Gasteiger partial charge in [0.1, 0.15) is 0 Å². The van der Waals surface area contributed by atoms with Crippen LogP contribution in [0.4, 0.5) is 0 Å². The van der Waals surface area contributed by atoms with E-state index in [1.54, 1.807) is 12.1 Å². The summed E-state index contributed by atoms with van der Waals surface area (Å²) in [6, 6.07) is 3.52. The van der Waals surface area contributed by atoms with Gasteiger partial charge in [-0.3, -0.25) is 9.59 Å². The average molecular weight is 265 g/mol. The third-order valence-electron chi connectivity index (χ3n) is 3.32. The first-order chi connectivity index (χ1) is 8.47. The maximum atomic E-state index is 12.4. The van der Waals surface area contributed by atoms with Crippen LogP contribution >= 0.6 is 11.3 Å². The molecule has 3 nitrogen and oxygen atoms in total. The van der Waals surface area contributed by atoms with Crippen LogP contribution in [0, 0.1) is 11.8 Å². The number of amides is 1. The molecule has 2 heterocycles. The third-order valence-corrected chi connectivity index (χ3v) is 4.49. The van der Waals surface area contributed by atoms with Crippen LogP contribution in [0.25, 0.3) is 0 Å². The van der Waals surface area contributed by atoms with Crippen molar-refractivity contribution in [2.24, 2.45) is 11.8 Å². The maximum Gasteiger partial charge on any atom is 0.263 e. The molecule has 1 aliphatic rings. The molecule has 0 saturated carbocycles. The van der Waals surface area contributed by atoms with Crippen LogP contribution in [0.15, 0.2) is 12.1 Å². The standard InChI is InChI=1S/C14H19NO2S/c1-9-6-10(2)8-15(7-9)14(17)13-5-4-12(18-13)11(3)16/h4-5,9-10H,6-8H2,1-3H3/t9-,10+. The molecular formula is C14H19NO2S. The lowest BCUT2D eigenvalue weighted by molar-refractivity contribution is 0.0628. The van der Waals surface area contributed by atoms with Crippen molar-refractivity contribution in [3.8, 4) is 0 Å². The summed E-state index contributed by atoms with van der Waals surface area (Å²) >= 11 is 1.30. The van der Waals surface area contributed by atoms with Gasteiger partial charge in [-0.1, -0.05) is 13.8 Å². The highest BCUT2D eigenvalue weighted by atomic mass is 32.1. The Bertz CT molecular complexity index is 456. The summed E-state index contributed by atoms with van der Waals surface area (Å²) in [7, 11) is 0. The van der Waals surface area contributed by atoms with Crippen LogP contribution in [0.1, 0.15) is 46.5 Å². The van der Waals surface area contributed by atoms with Gasteiger partial charge in [-0.15, -0.1) is 11.3 Å². The minimum absolute atomic E-state index is 0.0273. The van der Waals surface area contributed by atoms with Crippen molar-refractivity contribution < 1.29 is 9.59 Å². The number of ketones is 1. The Morgan fingerprint density at radius 3 is 2.22 bits per heavy atom. The van der Waals surface area contributed by atoms with Crippen molar-refractivity contribution in [2.75, 3.05) is 13.1 Å². The smallest absolute Gasteiger partial charge is 0.263 e. The molecule has 0 spiro atoms. The van der Waals surface area contributed by atoms with E-state index in [2.05, 4.69) is 13.8 Å². The van der Waals surface area contributed by atoms with E-state index in [1.807, 2.05) is 4.90 Å². The van der Waals surface area contributed by atoms with Crippen molar-refractivity contribution in [3.63, 3.8) is 0 Å². The van der Waals surface area contributed by atoms with Crippen LogP contribution < -0.4 is 0 Å². The van der Waals surface area contributed by atoms with Crippen molar-refractivity contribution in [1.29, 1.82) is 0 Å². The van der Waals surface area contributed by atoms with Gasteiger partial charge in [0.2, 0.25) is 0 Å². The number of hydrogen-bond acceptors (Lipinski definition) is 3. The first-order valence-corrected chi connectivity index (χ1v) is 7.19. The number of thiophene rings is 1. The van der Waals surface area contributed by atoms with E-state index in [1.165, 1.54) is 24.7 Å². The lowest BCUT2D eigenvalue weighted by atomic mass is 9.92. The zero-order chi connectivity index (χ0) is 13.3. The van der Waals surface area contributed by atoms with Crippen LogP contribution in [0.2, 0.25) is 0 Å². The van der Waals surface area contributed by atoms with E-state index in [0.717, 1.165) is 13.1 Å². The second-order valence-corrected chi connectivity index (χ2v) is 6.46. The molecule has 1 saturated heterocycles. The minimum Gasteiger partial charge on any atom is -0.337 e. The molecule has 18 heavy (non-hydrogen) atoms. The molecule has 1 aromatic rings. The molecule has 1 fully saturated rings. The highest BCUT2D eigenvalue weighted by Crippen LogP contribution is 2.25. The number of carbonyl (C=O) groups excluding carboxylic acids is 2. The predicted molar refractivity (Wildman–Crippen MR) is 73.2 cm³/mol. The van der Waals surface area contributed by atoms with Crippen LogP contribution in [-0.2, 0) is 0 Å². The zero-order valence-corrected chi connectivity index (χ0v) is 11.9.